The number of benzene rings is 1. The molecule has 8 heteroatoms. The van der Waals surface area contributed by atoms with Crippen LogP contribution in [-0.4, -0.2) is 37.6 Å². The molecule has 0 spiro atoms. The highest BCUT2D eigenvalue weighted by Crippen LogP contribution is 2.29. The number of ether oxygens (including phenoxy) is 1. The molecule has 8 nitrogen and oxygen atoms in total. The fraction of sp³-hybridized carbons (Fsp3) is 0.333. The Morgan fingerprint density at radius 3 is 2.66 bits per heavy atom. The molecule has 32 heavy (non-hydrogen) atoms. The van der Waals surface area contributed by atoms with Crippen molar-refractivity contribution in [3.8, 4) is 17.0 Å². The topological polar surface area (TPSA) is 86.9 Å². The van der Waals surface area contributed by atoms with E-state index in [-0.39, 0.29) is 11.9 Å². The summed E-state index contributed by atoms with van der Waals surface area (Å²) >= 11 is 0. The highest BCUT2D eigenvalue weighted by Gasteiger charge is 2.22. The number of carbonyl (C=O) groups excluding carboxylic acids is 1. The highest BCUT2D eigenvalue weighted by atomic mass is 16.5. The van der Waals surface area contributed by atoms with E-state index in [9.17, 15) is 4.79 Å². The summed E-state index contributed by atoms with van der Waals surface area (Å²) in [5.74, 6) is 0.558. The molecular formula is C24H28N6O2. The summed E-state index contributed by atoms with van der Waals surface area (Å²) in [7, 11) is 3.47. The molecule has 1 amide bonds. The summed E-state index contributed by atoms with van der Waals surface area (Å²) < 4.78 is 8.95. The smallest absolute Gasteiger partial charge is 0.252 e. The monoisotopic (exact) mass is 432 g/mol. The normalized spacial score (nSPS) is 12.2. The number of fused-ring (bicyclic) bond motifs is 1. The quantitative estimate of drug-likeness (QED) is 0.498. The molecule has 0 aliphatic heterocycles. The van der Waals surface area contributed by atoms with E-state index < -0.39 is 0 Å². The molecule has 0 saturated carbocycles. The van der Waals surface area contributed by atoms with E-state index in [0.29, 0.717) is 16.9 Å². The van der Waals surface area contributed by atoms with E-state index in [1.807, 2.05) is 76.0 Å². The molecule has 1 atom stereocenters. The van der Waals surface area contributed by atoms with Gasteiger partial charge in [0, 0.05) is 30.9 Å². The van der Waals surface area contributed by atoms with Crippen molar-refractivity contribution in [3.63, 3.8) is 0 Å². The highest BCUT2D eigenvalue weighted by molar-refractivity contribution is 6.07. The molecule has 0 unspecified atom stereocenters. The van der Waals surface area contributed by atoms with Crippen LogP contribution in [0.2, 0.25) is 0 Å². The molecule has 1 aromatic carbocycles. The molecule has 0 bridgehead atoms. The minimum Gasteiger partial charge on any atom is -0.497 e. The molecule has 0 aliphatic rings. The first-order valence-corrected chi connectivity index (χ1v) is 10.7. The number of aromatic nitrogens is 5. The predicted octanol–water partition coefficient (Wildman–Crippen LogP) is 3.97. The van der Waals surface area contributed by atoms with Gasteiger partial charge in [-0.15, -0.1) is 0 Å². The van der Waals surface area contributed by atoms with Crippen LogP contribution in [0, 0.1) is 13.8 Å². The number of rotatable bonds is 6. The van der Waals surface area contributed by atoms with E-state index in [0.717, 1.165) is 40.2 Å². The lowest BCUT2D eigenvalue weighted by atomic mass is 10.0. The minimum atomic E-state index is -0.191. The Kier molecular flexibility index (Phi) is 5.69. The molecule has 3 heterocycles. The van der Waals surface area contributed by atoms with Gasteiger partial charge in [0.05, 0.1) is 41.2 Å². The van der Waals surface area contributed by atoms with Gasteiger partial charge in [-0.3, -0.25) is 14.2 Å². The van der Waals surface area contributed by atoms with Crippen molar-refractivity contribution in [1.29, 1.82) is 0 Å². The zero-order valence-electron chi connectivity index (χ0n) is 19.3. The van der Waals surface area contributed by atoms with Gasteiger partial charge in [-0.1, -0.05) is 12.1 Å². The van der Waals surface area contributed by atoms with Gasteiger partial charge < -0.3 is 10.1 Å². The van der Waals surface area contributed by atoms with E-state index >= 15 is 0 Å². The lowest BCUT2D eigenvalue weighted by molar-refractivity contribution is 0.0941. The maximum absolute atomic E-state index is 13.5. The molecular weight excluding hydrogens is 404 g/mol. The molecule has 0 aliphatic carbocycles. The van der Waals surface area contributed by atoms with Crippen molar-refractivity contribution in [1.82, 2.24) is 29.9 Å². The Morgan fingerprint density at radius 2 is 1.97 bits per heavy atom. The molecule has 0 saturated heterocycles. The third kappa shape index (κ3) is 3.84. The van der Waals surface area contributed by atoms with Crippen LogP contribution in [0.5, 0.6) is 5.75 Å². The van der Waals surface area contributed by atoms with Crippen molar-refractivity contribution < 1.29 is 9.53 Å². The maximum atomic E-state index is 13.5. The van der Waals surface area contributed by atoms with Gasteiger partial charge in [-0.2, -0.15) is 10.2 Å². The molecule has 3 aromatic heterocycles. The van der Waals surface area contributed by atoms with Gasteiger partial charge in [-0.05, 0) is 45.9 Å². The number of carbonyl (C=O) groups is 1. The van der Waals surface area contributed by atoms with Crippen LogP contribution in [0.4, 0.5) is 0 Å². The number of nitrogens with zero attached hydrogens (tertiary/aromatic N) is 5. The van der Waals surface area contributed by atoms with Gasteiger partial charge in [0.1, 0.15) is 5.75 Å². The summed E-state index contributed by atoms with van der Waals surface area (Å²) in [5, 5.41) is 12.9. The number of nitrogens with one attached hydrogen (secondary N) is 1. The summed E-state index contributed by atoms with van der Waals surface area (Å²) in [6.45, 7) is 8.65. The SMILES string of the molecule is CCn1cc([C@H](C)NC(=O)c2cc(-c3cccc(OC)c3)nc3c2c(C)nn3C)c(C)n1. The third-order valence-electron chi connectivity index (χ3n) is 5.70. The predicted molar refractivity (Wildman–Crippen MR) is 124 cm³/mol. The van der Waals surface area contributed by atoms with Crippen molar-refractivity contribution in [3.05, 3.63) is 59.0 Å². The first-order valence-electron chi connectivity index (χ1n) is 10.7. The molecule has 4 rings (SSSR count). The first-order chi connectivity index (χ1) is 15.3. The summed E-state index contributed by atoms with van der Waals surface area (Å²) in [5.41, 5.74) is 5.44. The summed E-state index contributed by atoms with van der Waals surface area (Å²) in [6, 6.07) is 9.28. The standard InChI is InChI=1S/C24H28N6O2/c1-7-30-13-20(15(3)28-30)14(2)25-24(31)19-12-21(17-9-8-10-18(11-17)32-6)26-23-22(19)16(4)27-29(23)5/h8-14H,7H2,1-6H3,(H,25,31)/t14-/m0/s1. The number of hydrogen-bond acceptors (Lipinski definition) is 5. The number of aryl methyl sites for hydroxylation is 4. The fourth-order valence-corrected chi connectivity index (χ4v) is 4.03. The number of amides is 1. The molecule has 0 radical (unpaired) electrons. The third-order valence-corrected chi connectivity index (χ3v) is 5.70. The summed E-state index contributed by atoms with van der Waals surface area (Å²) in [4.78, 5) is 18.3. The van der Waals surface area contributed by atoms with Crippen LogP contribution in [0.25, 0.3) is 22.3 Å². The number of pyridine rings is 1. The number of methoxy groups -OCH3 is 1. The second kappa shape index (κ2) is 8.45. The Bertz CT molecular complexity index is 1300. The zero-order valence-corrected chi connectivity index (χ0v) is 19.3. The van der Waals surface area contributed by atoms with Crippen LogP contribution >= 0.6 is 0 Å². The van der Waals surface area contributed by atoms with Crippen LogP contribution in [-0.2, 0) is 13.6 Å². The largest absolute Gasteiger partial charge is 0.497 e. The Hall–Kier alpha value is -3.68. The molecule has 0 fully saturated rings. The molecule has 4 aromatic rings. The van der Waals surface area contributed by atoms with Gasteiger partial charge in [0.2, 0.25) is 0 Å². The van der Waals surface area contributed by atoms with Crippen molar-refractivity contribution in [2.24, 2.45) is 7.05 Å². The molecule has 166 valence electrons. The first kappa shape index (κ1) is 21.5. The Labute approximate surface area is 187 Å². The van der Waals surface area contributed by atoms with Crippen LogP contribution in [0.1, 0.15) is 47.2 Å². The maximum Gasteiger partial charge on any atom is 0.252 e. The van der Waals surface area contributed by atoms with Gasteiger partial charge >= 0.3 is 0 Å². The Balaban J connectivity index is 1.78. The van der Waals surface area contributed by atoms with Crippen LogP contribution < -0.4 is 10.1 Å². The second-order valence-corrected chi connectivity index (χ2v) is 7.92. The minimum absolute atomic E-state index is 0.172. The van der Waals surface area contributed by atoms with Crippen molar-refractivity contribution >= 4 is 16.9 Å². The van der Waals surface area contributed by atoms with E-state index in [1.54, 1.807) is 11.8 Å². The molecule has 1 N–H and O–H groups in total. The van der Waals surface area contributed by atoms with Gasteiger partial charge in [-0.25, -0.2) is 4.98 Å². The Morgan fingerprint density at radius 1 is 1.19 bits per heavy atom. The number of hydrogen-bond donors (Lipinski definition) is 1. The lowest BCUT2D eigenvalue weighted by Crippen LogP contribution is -2.27. The average Bonchev–Trinajstić information content (AvgIpc) is 3.31. The second-order valence-electron chi connectivity index (χ2n) is 7.92. The van der Waals surface area contributed by atoms with Crippen molar-refractivity contribution in [2.75, 3.05) is 7.11 Å². The van der Waals surface area contributed by atoms with E-state index in [4.69, 9.17) is 9.72 Å². The van der Waals surface area contributed by atoms with Gasteiger partial charge in [0.15, 0.2) is 5.65 Å². The average molecular weight is 433 g/mol. The van der Waals surface area contributed by atoms with E-state index in [1.165, 1.54) is 0 Å². The zero-order chi connectivity index (χ0) is 23.0. The summed E-state index contributed by atoms with van der Waals surface area (Å²) in [6.07, 6.45) is 1.99. The fourth-order valence-electron chi connectivity index (χ4n) is 4.03. The van der Waals surface area contributed by atoms with E-state index in [2.05, 4.69) is 15.5 Å². The van der Waals surface area contributed by atoms with Crippen LogP contribution in [0.15, 0.2) is 36.5 Å². The van der Waals surface area contributed by atoms with Crippen LogP contribution in [0.3, 0.4) is 0 Å². The van der Waals surface area contributed by atoms with Crippen molar-refractivity contribution in [2.45, 2.75) is 40.3 Å². The van der Waals surface area contributed by atoms with Gasteiger partial charge in [0.25, 0.3) is 5.91 Å². The lowest BCUT2D eigenvalue weighted by Gasteiger charge is -2.15.